The van der Waals surface area contributed by atoms with E-state index in [2.05, 4.69) is 15.2 Å². The Kier molecular flexibility index (Phi) is 5.26. The first-order valence-electron chi connectivity index (χ1n) is 11.3. The van der Waals surface area contributed by atoms with Gasteiger partial charge in [-0.15, -0.1) is 11.6 Å². The van der Waals surface area contributed by atoms with Gasteiger partial charge < -0.3 is 10.2 Å². The first kappa shape index (κ1) is 20.3. The lowest BCUT2D eigenvalue weighted by Gasteiger charge is -2.59. The quantitative estimate of drug-likeness (QED) is 0.728. The highest BCUT2D eigenvalue weighted by atomic mass is 35.5. The van der Waals surface area contributed by atoms with Gasteiger partial charge >= 0.3 is 0 Å². The summed E-state index contributed by atoms with van der Waals surface area (Å²) in [5.41, 5.74) is 0.902. The first-order chi connectivity index (χ1) is 14.4. The molecule has 0 aromatic carbocycles. The van der Waals surface area contributed by atoms with Crippen molar-refractivity contribution < 1.29 is 9.59 Å². The Hall–Kier alpha value is -1.66. The molecule has 4 bridgehead atoms. The maximum Gasteiger partial charge on any atom is 0.242 e. The van der Waals surface area contributed by atoms with E-state index in [1.807, 2.05) is 29.4 Å². The lowest BCUT2D eigenvalue weighted by molar-refractivity contribution is -0.146. The molecule has 1 aliphatic heterocycles. The highest BCUT2D eigenvalue weighted by molar-refractivity contribution is 6.24. The molecule has 1 aromatic rings. The Morgan fingerprint density at radius 3 is 2.37 bits per heavy atom. The molecule has 4 aliphatic carbocycles. The number of amides is 2. The van der Waals surface area contributed by atoms with Gasteiger partial charge in [0.2, 0.25) is 11.8 Å². The van der Waals surface area contributed by atoms with Crippen molar-refractivity contribution >= 4 is 23.4 Å². The van der Waals surface area contributed by atoms with Crippen LogP contribution in [0.15, 0.2) is 24.5 Å². The van der Waals surface area contributed by atoms with Crippen LogP contribution in [0.5, 0.6) is 0 Å². The van der Waals surface area contributed by atoms with Gasteiger partial charge in [0.05, 0.1) is 12.0 Å². The van der Waals surface area contributed by atoms with E-state index >= 15 is 0 Å². The van der Waals surface area contributed by atoms with Gasteiger partial charge in [-0.2, -0.15) is 0 Å². The molecule has 4 atom stereocenters. The molecule has 6 rings (SSSR count). The highest BCUT2D eigenvalue weighted by Gasteiger charge is 2.60. The Morgan fingerprint density at radius 2 is 1.73 bits per heavy atom. The molecule has 2 amide bonds. The van der Waals surface area contributed by atoms with Gasteiger partial charge in [0, 0.05) is 50.0 Å². The number of pyridine rings is 1. The second kappa shape index (κ2) is 7.79. The Balaban J connectivity index is 1.11. The summed E-state index contributed by atoms with van der Waals surface area (Å²) in [6.45, 7) is 4.11. The van der Waals surface area contributed by atoms with Crippen LogP contribution in [0, 0.1) is 17.3 Å². The first-order valence-corrected chi connectivity index (χ1v) is 11.7. The third kappa shape index (κ3) is 3.96. The predicted molar refractivity (Wildman–Crippen MR) is 115 cm³/mol. The fourth-order valence-corrected chi connectivity index (χ4v) is 7.47. The predicted octanol–water partition coefficient (Wildman–Crippen LogP) is 2.42. The lowest BCUT2D eigenvalue weighted by atomic mass is 9.49. The zero-order chi connectivity index (χ0) is 20.8. The van der Waals surface area contributed by atoms with Crippen LogP contribution in [0.3, 0.4) is 0 Å². The Morgan fingerprint density at radius 1 is 1.07 bits per heavy atom. The molecule has 0 spiro atoms. The van der Waals surface area contributed by atoms with Crippen LogP contribution in [0.25, 0.3) is 0 Å². The van der Waals surface area contributed by atoms with Gasteiger partial charge in [-0.05, 0) is 68.1 Å². The number of carbonyl (C=O) groups is 2. The monoisotopic (exact) mass is 430 g/mol. The van der Waals surface area contributed by atoms with E-state index in [0.717, 1.165) is 51.7 Å². The summed E-state index contributed by atoms with van der Waals surface area (Å²) in [5.74, 6) is 1.25. The van der Waals surface area contributed by atoms with Crippen molar-refractivity contribution in [3.05, 3.63) is 30.1 Å². The van der Waals surface area contributed by atoms with Crippen LogP contribution in [0.2, 0.25) is 0 Å². The minimum absolute atomic E-state index is 0.0252. The van der Waals surface area contributed by atoms with E-state index in [0.29, 0.717) is 24.9 Å². The number of hydrogen-bond acceptors (Lipinski definition) is 4. The molecule has 30 heavy (non-hydrogen) atoms. The molecule has 5 aliphatic rings. The number of nitrogens with zero attached hydrogens (tertiary/aromatic N) is 3. The van der Waals surface area contributed by atoms with Crippen molar-refractivity contribution in [1.82, 2.24) is 20.1 Å². The van der Waals surface area contributed by atoms with Crippen LogP contribution in [-0.4, -0.2) is 64.2 Å². The molecule has 1 saturated heterocycles. The molecular formula is C23H31ClN4O2. The summed E-state index contributed by atoms with van der Waals surface area (Å²) < 4.78 is 0. The molecular weight excluding hydrogens is 400 g/mol. The van der Waals surface area contributed by atoms with E-state index < -0.39 is 0 Å². The van der Waals surface area contributed by atoms with Gasteiger partial charge in [-0.25, -0.2) is 0 Å². The number of aromatic nitrogens is 1. The number of halogens is 1. The second-order valence-corrected chi connectivity index (χ2v) is 10.9. The summed E-state index contributed by atoms with van der Waals surface area (Å²) in [5, 5.41) is 3.00. The Labute approximate surface area is 183 Å². The molecule has 4 saturated carbocycles. The van der Waals surface area contributed by atoms with E-state index in [1.54, 1.807) is 0 Å². The van der Waals surface area contributed by atoms with Crippen molar-refractivity contribution in [2.75, 3.05) is 32.7 Å². The van der Waals surface area contributed by atoms with Crippen molar-refractivity contribution in [3.8, 4) is 0 Å². The van der Waals surface area contributed by atoms with Crippen LogP contribution >= 0.6 is 11.6 Å². The normalized spacial score (nSPS) is 35.4. The minimum Gasteiger partial charge on any atom is -0.347 e. The fraction of sp³-hybridized carbons (Fsp3) is 0.696. The SMILES string of the molecule is O=C(CNC(=O)C12C[C@@H]3C[C@@H](CC(Cl)(C3)C1)C2)N1CCN(Cc2ccncc2)CC1. The van der Waals surface area contributed by atoms with Crippen LogP contribution in [0.4, 0.5) is 0 Å². The lowest BCUT2D eigenvalue weighted by Crippen LogP contribution is -2.59. The number of hydrogen-bond donors (Lipinski definition) is 1. The van der Waals surface area contributed by atoms with Crippen LogP contribution in [0.1, 0.15) is 44.1 Å². The van der Waals surface area contributed by atoms with E-state index in [4.69, 9.17) is 11.6 Å². The molecule has 7 heteroatoms. The van der Waals surface area contributed by atoms with Gasteiger partial charge in [-0.3, -0.25) is 19.5 Å². The van der Waals surface area contributed by atoms with Crippen molar-refractivity contribution in [2.24, 2.45) is 17.3 Å². The number of carbonyl (C=O) groups excluding carboxylic acids is 2. The minimum atomic E-state index is -0.338. The van der Waals surface area contributed by atoms with Gasteiger partial charge in [0.15, 0.2) is 0 Å². The molecule has 2 heterocycles. The second-order valence-electron chi connectivity index (χ2n) is 10.1. The molecule has 1 N–H and O–H groups in total. The van der Waals surface area contributed by atoms with E-state index in [1.165, 1.54) is 12.0 Å². The standard InChI is InChI=1S/C23H31ClN4O2/c24-23-12-18-9-19(13-23)11-22(10-18,16-23)21(30)26-14-20(29)28-7-5-27(6-8-28)15-17-1-3-25-4-2-17/h1-4,18-19H,5-16H2,(H,26,30)/t18-,19+,22?,23?. The summed E-state index contributed by atoms with van der Waals surface area (Å²) >= 11 is 6.86. The highest BCUT2D eigenvalue weighted by Crippen LogP contribution is 2.63. The van der Waals surface area contributed by atoms with Gasteiger partial charge in [0.1, 0.15) is 0 Å². The fourth-order valence-electron chi connectivity index (χ4n) is 6.77. The molecule has 0 radical (unpaired) electrons. The number of nitrogens with one attached hydrogen (secondary N) is 1. The largest absolute Gasteiger partial charge is 0.347 e. The van der Waals surface area contributed by atoms with Crippen LogP contribution < -0.4 is 5.32 Å². The van der Waals surface area contributed by atoms with Crippen LogP contribution in [-0.2, 0) is 16.1 Å². The number of piperazine rings is 1. The number of rotatable bonds is 5. The third-order valence-corrected chi connectivity index (χ3v) is 8.19. The maximum absolute atomic E-state index is 13.1. The zero-order valence-electron chi connectivity index (χ0n) is 17.5. The number of alkyl halides is 1. The molecule has 1 aromatic heterocycles. The molecule has 5 fully saturated rings. The summed E-state index contributed by atoms with van der Waals surface area (Å²) in [7, 11) is 0. The zero-order valence-corrected chi connectivity index (χ0v) is 18.2. The van der Waals surface area contributed by atoms with Gasteiger partial charge in [0.25, 0.3) is 0 Å². The topological polar surface area (TPSA) is 65.5 Å². The van der Waals surface area contributed by atoms with Crippen molar-refractivity contribution in [2.45, 2.75) is 49.9 Å². The molecule has 162 valence electrons. The summed E-state index contributed by atoms with van der Waals surface area (Å²) in [6, 6.07) is 4.06. The van der Waals surface area contributed by atoms with E-state index in [9.17, 15) is 9.59 Å². The Bertz CT molecular complexity index is 795. The molecule has 6 nitrogen and oxygen atoms in total. The average Bonchev–Trinajstić information content (AvgIpc) is 2.71. The van der Waals surface area contributed by atoms with Gasteiger partial charge in [-0.1, -0.05) is 0 Å². The van der Waals surface area contributed by atoms with Crippen molar-refractivity contribution in [3.63, 3.8) is 0 Å². The van der Waals surface area contributed by atoms with Crippen molar-refractivity contribution in [1.29, 1.82) is 0 Å². The summed E-state index contributed by atoms with van der Waals surface area (Å²) in [4.78, 5) is 34.0. The van der Waals surface area contributed by atoms with E-state index in [-0.39, 0.29) is 28.6 Å². The third-order valence-electron chi connectivity index (χ3n) is 7.75. The smallest absolute Gasteiger partial charge is 0.242 e. The maximum atomic E-state index is 13.1. The summed E-state index contributed by atoms with van der Waals surface area (Å²) in [6.07, 6.45) is 9.65. The molecule has 2 unspecified atom stereocenters. The average molecular weight is 431 g/mol.